The van der Waals surface area contributed by atoms with Crippen LogP contribution in [0.1, 0.15) is 33.6 Å². The summed E-state index contributed by atoms with van der Waals surface area (Å²) >= 11 is 0.871. The smallest absolute Gasteiger partial charge is 0.365 e. The molecule has 0 fully saturated rings. The number of carboxylic acid groups (broad SMARTS) is 1. The fourth-order valence-corrected chi connectivity index (χ4v) is 1.50. The van der Waals surface area contributed by atoms with Gasteiger partial charge in [-0.2, -0.15) is 0 Å². The van der Waals surface area contributed by atoms with Crippen LogP contribution in [0.15, 0.2) is 0 Å². The molecule has 14 heavy (non-hydrogen) atoms. The molecule has 0 spiro atoms. The summed E-state index contributed by atoms with van der Waals surface area (Å²) in [6.07, 6.45) is 1.29. The van der Waals surface area contributed by atoms with Crippen molar-refractivity contribution < 1.29 is 14.7 Å². The summed E-state index contributed by atoms with van der Waals surface area (Å²) < 4.78 is 0. The number of nitrogens with two attached hydrogens (primary N) is 1. The molecule has 0 aliphatic rings. The maximum absolute atomic E-state index is 11.0. The predicted molar refractivity (Wildman–Crippen MR) is 57.3 cm³/mol. The van der Waals surface area contributed by atoms with Gasteiger partial charge in [-0.05, 0) is 24.6 Å². The Morgan fingerprint density at radius 1 is 1.50 bits per heavy atom. The third kappa shape index (κ3) is 5.11. The second-order valence-electron chi connectivity index (χ2n) is 3.98. The highest BCUT2D eigenvalue weighted by Crippen LogP contribution is 2.26. The van der Waals surface area contributed by atoms with Crippen molar-refractivity contribution in [2.75, 3.05) is 0 Å². The van der Waals surface area contributed by atoms with Crippen LogP contribution in [0, 0.1) is 5.41 Å². The minimum Gasteiger partial charge on any atom is -0.473 e. The molecule has 1 amide bonds. The lowest BCUT2D eigenvalue weighted by atomic mass is 9.86. The van der Waals surface area contributed by atoms with Crippen LogP contribution < -0.4 is 5.73 Å². The summed E-state index contributed by atoms with van der Waals surface area (Å²) in [6.45, 7) is 5.37. The van der Waals surface area contributed by atoms with Crippen LogP contribution in [0.2, 0.25) is 0 Å². The first kappa shape index (κ1) is 13.3. The molecule has 0 aromatic heterocycles. The van der Waals surface area contributed by atoms with Crippen molar-refractivity contribution in [2.24, 2.45) is 11.1 Å². The van der Waals surface area contributed by atoms with E-state index in [0.29, 0.717) is 12.8 Å². The van der Waals surface area contributed by atoms with Gasteiger partial charge < -0.3 is 10.8 Å². The number of carbonyl (C=O) groups is 2. The van der Waals surface area contributed by atoms with Crippen molar-refractivity contribution >= 4 is 23.0 Å². The lowest BCUT2D eigenvalue weighted by Crippen LogP contribution is -2.31. The van der Waals surface area contributed by atoms with E-state index in [0.717, 1.165) is 11.8 Å². The van der Waals surface area contributed by atoms with Crippen LogP contribution in [-0.4, -0.2) is 21.6 Å². The van der Waals surface area contributed by atoms with Crippen LogP contribution in [0.4, 0.5) is 4.79 Å². The molecule has 5 heteroatoms. The normalized spacial score (nSPS) is 13.6. The Hall–Kier alpha value is -0.710. The highest BCUT2D eigenvalue weighted by Gasteiger charge is 2.25. The molecule has 0 radical (unpaired) electrons. The van der Waals surface area contributed by atoms with Crippen molar-refractivity contribution in [2.45, 2.75) is 38.9 Å². The van der Waals surface area contributed by atoms with Gasteiger partial charge in [-0.3, -0.25) is 4.79 Å². The van der Waals surface area contributed by atoms with Crippen LogP contribution >= 0.6 is 11.8 Å². The summed E-state index contributed by atoms with van der Waals surface area (Å²) in [5.74, 6) is -0.343. The van der Waals surface area contributed by atoms with Gasteiger partial charge in [-0.15, -0.1) is 0 Å². The number of carbonyl (C=O) groups excluding carboxylic acids is 1. The Kier molecular flexibility index (Phi) is 4.97. The summed E-state index contributed by atoms with van der Waals surface area (Å²) in [6, 6.07) is 0. The number of hydrogen-bond acceptors (Lipinski definition) is 3. The van der Waals surface area contributed by atoms with Gasteiger partial charge in [0.25, 0.3) is 0 Å². The van der Waals surface area contributed by atoms with E-state index >= 15 is 0 Å². The number of primary amides is 1. The van der Waals surface area contributed by atoms with E-state index in [1.807, 2.05) is 6.92 Å². The molecule has 0 bridgehead atoms. The average molecular weight is 219 g/mol. The quantitative estimate of drug-likeness (QED) is 0.741. The van der Waals surface area contributed by atoms with Gasteiger partial charge in [-0.25, -0.2) is 4.79 Å². The zero-order chi connectivity index (χ0) is 11.4. The molecule has 0 aliphatic heterocycles. The number of thioether (sulfide) groups is 1. The monoisotopic (exact) mass is 219 g/mol. The molecule has 1 unspecified atom stereocenters. The van der Waals surface area contributed by atoms with E-state index in [9.17, 15) is 9.59 Å². The SMILES string of the molecule is CC(CCC(C)(C)C(N)=O)SC(=O)O. The van der Waals surface area contributed by atoms with Gasteiger partial charge in [0.1, 0.15) is 0 Å². The van der Waals surface area contributed by atoms with E-state index in [1.54, 1.807) is 13.8 Å². The summed E-state index contributed by atoms with van der Waals surface area (Å²) in [5, 5.41) is 7.62. The van der Waals surface area contributed by atoms with Crippen molar-refractivity contribution in [3.8, 4) is 0 Å². The van der Waals surface area contributed by atoms with Crippen molar-refractivity contribution in [3.63, 3.8) is 0 Å². The second-order valence-corrected chi connectivity index (χ2v) is 5.37. The van der Waals surface area contributed by atoms with Gasteiger partial charge in [0, 0.05) is 10.7 Å². The van der Waals surface area contributed by atoms with Gasteiger partial charge in [0.15, 0.2) is 0 Å². The topological polar surface area (TPSA) is 80.4 Å². The fraction of sp³-hybridized carbons (Fsp3) is 0.778. The lowest BCUT2D eigenvalue weighted by molar-refractivity contribution is -0.126. The van der Waals surface area contributed by atoms with E-state index in [1.165, 1.54) is 0 Å². The summed E-state index contributed by atoms with van der Waals surface area (Å²) in [7, 11) is 0. The first-order valence-corrected chi connectivity index (χ1v) is 5.33. The average Bonchev–Trinajstić information content (AvgIpc) is 1.99. The predicted octanol–water partition coefficient (Wildman–Crippen LogP) is 2.08. The highest BCUT2D eigenvalue weighted by atomic mass is 32.2. The number of rotatable bonds is 5. The Morgan fingerprint density at radius 2 is 2.00 bits per heavy atom. The summed E-state index contributed by atoms with van der Waals surface area (Å²) in [4.78, 5) is 21.3. The molecular weight excluding hydrogens is 202 g/mol. The van der Waals surface area contributed by atoms with E-state index in [4.69, 9.17) is 10.8 Å². The van der Waals surface area contributed by atoms with Crippen LogP contribution in [-0.2, 0) is 4.79 Å². The maximum Gasteiger partial charge on any atom is 0.365 e. The zero-order valence-corrected chi connectivity index (χ0v) is 9.56. The molecule has 0 aromatic carbocycles. The van der Waals surface area contributed by atoms with Crippen molar-refractivity contribution in [3.05, 3.63) is 0 Å². The van der Waals surface area contributed by atoms with Gasteiger partial charge >= 0.3 is 5.30 Å². The van der Waals surface area contributed by atoms with Crippen LogP contribution in [0.25, 0.3) is 0 Å². The van der Waals surface area contributed by atoms with Gasteiger partial charge in [0.2, 0.25) is 5.91 Å². The minimum absolute atomic E-state index is 0.00567. The molecule has 4 nitrogen and oxygen atoms in total. The van der Waals surface area contributed by atoms with Crippen molar-refractivity contribution in [1.29, 1.82) is 0 Å². The number of hydrogen-bond donors (Lipinski definition) is 2. The van der Waals surface area contributed by atoms with E-state index in [2.05, 4.69) is 0 Å². The number of amides is 1. The molecular formula is C9H17NO3S. The van der Waals surface area contributed by atoms with E-state index < -0.39 is 10.7 Å². The highest BCUT2D eigenvalue weighted by molar-refractivity contribution is 8.13. The first-order chi connectivity index (χ1) is 6.25. The zero-order valence-electron chi connectivity index (χ0n) is 8.74. The van der Waals surface area contributed by atoms with Crippen LogP contribution in [0.3, 0.4) is 0 Å². The summed E-state index contributed by atoms with van der Waals surface area (Å²) in [5.41, 5.74) is 4.65. The largest absolute Gasteiger partial charge is 0.473 e. The lowest BCUT2D eigenvalue weighted by Gasteiger charge is -2.21. The Labute approximate surface area is 88.2 Å². The second kappa shape index (κ2) is 5.24. The standard InChI is InChI=1S/C9H17NO3S/c1-6(14-8(12)13)4-5-9(2,3)7(10)11/h6H,4-5H2,1-3H3,(H2,10,11)(H,12,13). The van der Waals surface area contributed by atoms with Gasteiger partial charge in [-0.1, -0.05) is 20.8 Å². The minimum atomic E-state index is -0.880. The Morgan fingerprint density at radius 3 is 2.36 bits per heavy atom. The van der Waals surface area contributed by atoms with E-state index in [-0.39, 0.29) is 11.2 Å². The molecule has 0 aliphatic carbocycles. The first-order valence-electron chi connectivity index (χ1n) is 4.45. The molecule has 1 atom stereocenters. The molecule has 0 rings (SSSR count). The van der Waals surface area contributed by atoms with Crippen molar-refractivity contribution in [1.82, 2.24) is 0 Å². The fourth-order valence-electron chi connectivity index (χ4n) is 0.918. The third-order valence-corrected chi connectivity index (χ3v) is 2.98. The Bertz CT molecular complexity index is 228. The molecule has 82 valence electrons. The molecule has 0 aromatic rings. The molecule has 0 saturated heterocycles. The maximum atomic E-state index is 11.0. The molecule has 0 saturated carbocycles. The third-order valence-electron chi connectivity index (χ3n) is 2.14. The van der Waals surface area contributed by atoms with Crippen LogP contribution in [0.5, 0.6) is 0 Å². The molecule has 0 heterocycles. The molecule has 3 N–H and O–H groups in total. The van der Waals surface area contributed by atoms with Gasteiger partial charge in [0.05, 0.1) is 0 Å². The Balaban J connectivity index is 3.93.